The van der Waals surface area contributed by atoms with Crippen LogP contribution in [0.5, 0.6) is 5.75 Å². The molecule has 5 heteroatoms. The average Bonchev–Trinajstić information content (AvgIpc) is 2.80. The van der Waals surface area contributed by atoms with Gasteiger partial charge in [-0.15, -0.1) is 12.4 Å². The molecule has 0 saturated carbocycles. The van der Waals surface area contributed by atoms with Gasteiger partial charge in [0.1, 0.15) is 5.75 Å². The molecule has 0 atom stereocenters. The number of rotatable bonds is 7. The van der Waals surface area contributed by atoms with Gasteiger partial charge in [0.25, 0.3) is 0 Å². The molecule has 1 heterocycles. The Kier molecular flexibility index (Phi) is 7.26. The van der Waals surface area contributed by atoms with E-state index in [0.717, 1.165) is 37.5 Å². The molecule has 1 aromatic carbocycles. The van der Waals surface area contributed by atoms with Crippen LogP contribution < -0.4 is 10.1 Å². The molecule has 0 fully saturated rings. The molecule has 21 heavy (non-hydrogen) atoms. The van der Waals surface area contributed by atoms with Gasteiger partial charge >= 0.3 is 0 Å². The zero-order chi connectivity index (χ0) is 14.4. The van der Waals surface area contributed by atoms with Crippen LogP contribution in [0.15, 0.2) is 30.5 Å². The second kappa shape index (κ2) is 8.70. The summed E-state index contributed by atoms with van der Waals surface area (Å²) in [4.78, 5) is 0. The first-order valence-electron chi connectivity index (χ1n) is 7.09. The number of halogens is 1. The highest BCUT2D eigenvalue weighted by Crippen LogP contribution is 2.12. The molecule has 0 aliphatic heterocycles. The Morgan fingerprint density at radius 3 is 2.81 bits per heavy atom. The Morgan fingerprint density at radius 2 is 2.10 bits per heavy atom. The van der Waals surface area contributed by atoms with E-state index < -0.39 is 0 Å². The number of hydrogen-bond acceptors (Lipinski definition) is 3. The van der Waals surface area contributed by atoms with Gasteiger partial charge in [-0.05, 0) is 31.0 Å². The third-order valence-electron chi connectivity index (χ3n) is 3.28. The number of aromatic nitrogens is 2. The lowest BCUT2D eigenvalue weighted by Gasteiger charge is -2.06. The van der Waals surface area contributed by atoms with E-state index in [1.807, 2.05) is 16.8 Å². The van der Waals surface area contributed by atoms with Gasteiger partial charge in [-0.1, -0.05) is 19.1 Å². The highest BCUT2D eigenvalue weighted by Gasteiger charge is 2.04. The fraction of sp³-hybridized carbons (Fsp3) is 0.438. The maximum atomic E-state index is 5.23. The maximum absolute atomic E-state index is 5.23. The van der Waals surface area contributed by atoms with Gasteiger partial charge in [-0.3, -0.25) is 4.68 Å². The van der Waals surface area contributed by atoms with E-state index in [4.69, 9.17) is 4.74 Å². The van der Waals surface area contributed by atoms with E-state index >= 15 is 0 Å². The van der Waals surface area contributed by atoms with Crippen molar-refractivity contribution in [2.75, 3.05) is 7.11 Å². The summed E-state index contributed by atoms with van der Waals surface area (Å²) in [7, 11) is 1.69. The van der Waals surface area contributed by atoms with Crippen molar-refractivity contribution in [1.29, 1.82) is 0 Å². The molecule has 4 nitrogen and oxygen atoms in total. The standard InChI is InChI=1S/C16H23N3O.ClH/c1-4-8-19-12-15(13(2)18-19)11-17-10-14-6-5-7-16(9-14)20-3;/h5-7,9,12,17H,4,8,10-11H2,1-3H3;1H. The molecule has 116 valence electrons. The molecule has 0 bridgehead atoms. The van der Waals surface area contributed by atoms with Gasteiger partial charge in [0.15, 0.2) is 0 Å². The molecule has 1 N–H and O–H groups in total. The molecule has 0 unspecified atom stereocenters. The molecule has 0 saturated heterocycles. The van der Waals surface area contributed by atoms with Gasteiger partial charge in [0.05, 0.1) is 12.8 Å². The van der Waals surface area contributed by atoms with Gasteiger partial charge in [0, 0.05) is 31.4 Å². The summed E-state index contributed by atoms with van der Waals surface area (Å²) in [6, 6.07) is 8.13. The molecular weight excluding hydrogens is 286 g/mol. The lowest BCUT2D eigenvalue weighted by atomic mass is 10.2. The number of ether oxygens (including phenoxy) is 1. The topological polar surface area (TPSA) is 39.1 Å². The fourth-order valence-electron chi connectivity index (χ4n) is 2.20. The second-order valence-corrected chi connectivity index (χ2v) is 4.96. The number of aryl methyl sites for hydroxylation is 2. The number of methoxy groups -OCH3 is 1. The highest BCUT2D eigenvalue weighted by atomic mass is 35.5. The van der Waals surface area contributed by atoms with Crippen LogP contribution in [0.1, 0.15) is 30.2 Å². The third kappa shape index (κ3) is 5.06. The van der Waals surface area contributed by atoms with Crippen molar-refractivity contribution in [3.05, 3.63) is 47.3 Å². The molecule has 2 rings (SSSR count). The first-order chi connectivity index (χ1) is 9.72. The van der Waals surface area contributed by atoms with Crippen molar-refractivity contribution in [2.45, 2.75) is 39.9 Å². The molecule has 1 aromatic heterocycles. The van der Waals surface area contributed by atoms with Crippen LogP contribution in [0, 0.1) is 6.92 Å². The summed E-state index contributed by atoms with van der Waals surface area (Å²) in [5.74, 6) is 0.899. The van der Waals surface area contributed by atoms with Crippen LogP contribution in [0.3, 0.4) is 0 Å². The van der Waals surface area contributed by atoms with Crippen molar-refractivity contribution in [2.24, 2.45) is 0 Å². The lowest BCUT2D eigenvalue weighted by Crippen LogP contribution is -2.13. The summed E-state index contributed by atoms with van der Waals surface area (Å²) < 4.78 is 7.25. The molecule has 0 amide bonds. The maximum Gasteiger partial charge on any atom is 0.119 e. The van der Waals surface area contributed by atoms with E-state index in [-0.39, 0.29) is 12.4 Å². The summed E-state index contributed by atoms with van der Waals surface area (Å²) in [5, 5.41) is 7.97. The first kappa shape index (κ1) is 17.5. The van der Waals surface area contributed by atoms with Gasteiger partial charge in [0.2, 0.25) is 0 Å². The fourth-order valence-corrected chi connectivity index (χ4v) is 2.20. The largest absolute Gasteiger partial charge is 0.497 e. The van der Waals surface area contributed by atoms with Crippen molar-refractivity contribution < 1.29 is 4.74 Å². The van der Waals surface area contributed by atoms with E-state index in [2.05, 4.69) is 42.6 Å². The van der Waals surface area contributed by atoms with Crippen LogP contribution in [0.25, 0.3) is 0 Å². The SMILES string of the molecule is CCCn1cc(CNCc2cccc(OC)c2)c(C)n1.Cl. The zero-order valence-electron chi connectivity index (χ0n) is 12.9. The zero-order valence-corrected chi connectivity index (χ0v) is 13.7. The lowest BCUT2D eigenvalue weighted by molar-refractivity contribution is 0.414. The Bertz CT molecular complexity index is 554. The minimum atomic E-state index is 0. The normalized spacial score (nSPS) is 10.2. The molecule has 0 spiro atoms. The van der Waals surface area contributed by atoms with Crippen LogP contribution >= 0.6 is 12.4 Å². The van der Waals surface area contributed by atoms with Gasteiger partial charge < -0.3 is 10.1 Å². The van der Waals surface area contributed by atoms with Crippen LogP contribution in [-0.4, -0.2) is 16.9 Å². The van der Waals surface area contributed by atoms with Crippen LogP contribution in [-0.2, 0) is 19.6 Å². The molecule has 0 radical (unpaired) electrons. The van der Waals surface area contributed by atoms with Crippen molar-refractivity contribution in [3.63, 3.8) is 0 Å². The predicted molar refractivity (Wildman–Crippen MR) is 88.0 cm³/mol. The summed E-state index contributed by atoms with van der Waals surface area (Å²) >= 11 is 0. The number of nitrogens with zero attached hydrogens (tertiary/aromatic N) is 2. The Labute approximate surface area is 132 Å². The van der Waals surface area contributed by atoms with Gasteiger partial charge in [-0.2, -0.15) is 5.10 Å². The average molecular weight is 310 g/mol. The summed E-state index contributed by atoms with van der Waals surface area (Å²) in [5.41, 5.74) is 3.60. The molecule has 0 aliphatic rings. The van der Waals surface area contributed by atoms with E-state index in [1.54, 1.807) is 7.11 Å². The van der Waals surface area contributed by atoms with Crippen molar-refractivity contribution in [3.8, 4) is 5.75 Å². The minimum absolute atomic E-state index is 0. The van der Waals surface area contributed by atoms with Gasteiger partial charge in [-0.25, -0.2) is 0 Å². The Hall–Kier alpha value is -1.52. The Balaban J connectivity index is 0.00000220. The number of nitrogens with one attached hydrogen (secondary N) is 1. The number of benzene rings is 1. The highest BCUT2D eigenvalue weighted by molar-refractivity contribution is 5.85. The summed E-state index contributed by atoms with van der Waals surface area (Å²) in [6.45, 7) is 6.88. The second-order valence-electron chi connectivity index (χ2n) is 4.96. The Morgan fingerprint density at radius 1 is 1.29 bits per heavy atom. The molecular formula is C16H24ClN3O. The quantitative estimate of drug-likeness (QED) is 0.853. The molecule has 0 aliphatic carbocycles. The van der Waals surface area contributed by atoms with Crippen molar-refractivity contribution in [1.82, 2.24) is 15.1 Å². The van der Waals surface area contributed by atoms with Crippen LogP contribution in [0.4, 0.5) is 0 Å². The summed E-state index contributed by atoms with van der Waals surface area (Å²) in [6.07, 6.45) is 3.25. The predicted octanol–water partition coefficient (Wildman–Crippen LogP) is 3.32. The number of hydrogen-bond donors (Lipinski definition) is 1. The van der Waals surface area contributed by atoms with E-state index in [1.165, 1.54) is 11.1 Å². The van der Waals surface area contributed by atoms with E-state index in [9.17, 15) is 0 Å². The monoisotopic (exact) mass is 309 g/mol. The van der Waals surface area contributed by atoms with E-state index in [0.29, 0.717) is 0 Å². The minimum Gasteiger partial charge on any atom is -0.497 e. The third-order valence-corrected chi connectivity index (χ3v) is 3.28. The first-order valence-corrected chi connectivity index (χ1v) is 7.09. The molecule has 2 aromatic rings. The van der Waals surface area contributed by atoms with Crippen LogP contribution in [0.2, 0.25) is 0 Å². The smallest absolute Gasteiger partial charge is 0.119 e. The van der Waals surface area contributed by atoms with Crippen molar-refractivity contribution >= 4 is 12.4 Å².